The normalized spacial score (nSPS) is 10.2. The summed E-state index contributed by atoms with van der Waals surface area (Å²) in [5.74, 6) is 0.844. The van der Waals surface area contributed by atoms with Crippen LogP contribution in [-0.2, 0) is 0 Å². The van der Waals surface area contributed by atoms with Crippen molar-refractivity contribution in [1.82, 2.24) is 9.97 Å². The van der Waals surface area contributed by atoms with Crippen LogP contribution in [0.3, 0.4) is 0 Å². The van der Waals surface area contributed by atoms with Gasteiger partial charge in [0.25, 0.3) is 0 Å². The first-order valence-electron chi connectivity index (χ1n) is 5.61. The number of halogens is 1. The predicted octanol–water partition coefficient (Wildman–Crippen LogP) is 3.62. The van der Waals surface area contributed by atoms with Crippen molar-refractivity contribution in [2.75, 3.05) is 11.9 Å². The van der Waals surface area contributed by atoms with Gasteiger partial charge in [-0.25, -0.2) is 9.97 Å². The Morgan fingerprint density at radius 1 is 1.24 bits per heavy atom. The molecule has 0 saturated carbocycles. The van der Waals surface area contributed by atoms with Gasteiger partial charge in [0, 0.05) is 23.2 Å². The van der Waals surface area contributed by atoms with E-state index < -0.39 is 0 Å². The van der Waals surface area contributed by atoms with E-state index in [1.807, 2.05) is 30.3 Å². The molecule has 1 heterocycles. The second kappa shape index (κ2) is 5.64. The summed E-state index contributed by atoms with van der Waals surface area (Å²) in [4.78, 5) is 8.42. The summed E-state index contributed by atoms with van der Waals surface area (Å²) in [6.45, 7) is 3.03. The number of aromatic nitrogens is 2. The van der Waals surface area contributed by atoms with Crippen LogP contribution in [0.5, 0.6) is 0 Å². The zero-order valence-electron chi connectivity index (χ0n) is 9.65. The van der Waals surface area contributed by atoms with Gasteiger partial charge < -0.3 is 5.32 Å². The molecule has 0 atom stereocenters. The highest BCUT2D eigenvalue weighted by Crippen LogP contribution is 2.21. The van der Waals surface area contributed by atoms with E-state index in [1.165, 1.54) is 0 Å². The average molecular weight is 248 g/mol. The third-order valence-electron chi connectivity index (χ3n) is 2.34. The number of rotatable bonds is 4. The van der Waals surface area contributed by atoms with Crippen LogP contribution in [0, 0.1) is 0 Å². The zero-order chi connectivity index (χ0) is 12.1. The minimum atomic E-state index is 0.712. The molecule has 3 nitrogen and oxygen atoms in total. The Kier molecular flexibility index (Phi) is 3.94. The second-order valence-corrected chi connectivity index (χ2v) is 4.16. The molecule has 1 aromatic carbocycles. The molecule has 1 N–H and O–H groups in total. The highest BCUT2D eigenvalue weighted by Gasteiger charge is 2.02. The fourth-order valence-electron chi connectivity index (χ4n) is 1.51. The first-order valence-corrected chi connectivity index (χ1v) is 5.99. The molecule has 0 amide bonds. The number of anilines is 1. The van der Waals surface area contributed by atoms with Crippen LogP contribution in [0.4, 0.5) is 5.82 Å². The lowest BCUT2D eigenvalue weighted by atomic mass is 10.1. The monoisotopic (exact) mass is 247 g/mol. The van der Waals surface area contributed by atoms with Crippen molar-refractivity contribution >= 4 is 17.4 Å². The predicted molar refractivity (Wildman–Crippen MR) is 71.3 cm³/mol. The number of nitrogens with one attached hydrogen (secondary N) is 1. The molecule has 0 bridgehead atoms. The molecule has 4 heteroatoms. The Bertz CT molecular complexity index is 500. The highest BCUT2D eigenvalue weighted by molar-refractivity contribution is 6.30. The van der Waals surface area contributed by atoms with Crippen LogP contribution in [0.25, 0.3) is 11.3 Å². The maximum atomic E-state index is 5.96. The first-order chi connectivity index (χ1) is 8.29. The molecule has 0 aliphatic heterocycles. The summed E-state index contributed by atoms with van der Waals surface area (Å²) in [7, 11) is 0. The molecule has 0 saturated heterocycles. The standard InChI is InChI=1S/C13H14ClN3/c1-2-6-15-13-8-12(16-9-17-13)10-4-3-5-11(14)7-10/h3-5,7-9H,2,6H2,1H3,(H,15,16,17). The molecule has 17 heavy (non-hydrogen) atoms. The van der Waals surface area contributed by atoms with Crippen LogP contribution >= 0.6 is 11.6 Å². The van der Waals surface area contributed by atoms with Gasteiger partial charge in [-0.15, -0.1) is 0 Å². The van der Waals surface area contributed by atoms with Crippen molar-refractivity contribution in [3.8, 4) is 11.3 Å². The van der Waals surface area contributed by atoms with Crippen LogP contribution in [0.2, 0.25) is 5.02 Å². The van der Waals surface area contributed by atoms with E-state index in [2.05, 4.69) is 22.2 Å². The fourth-order valence-corrected chi connectivity index (χ4v) is 1.70. The van der Waals surface area contributed by atoms with Gasteiger partial charge in [0.1, 0.15) is 12.1 Å². The highest BCUT2D eigenvalue weighted by atomic mass is 35.5. The van der Waals surface area contributed by atoms with Gasteiger partial charge in [-0.2, -0.15) is 0 Å². The van der Waals surface area contributed by atoms with Crippen molar-refractivity contribution in [3.05, 3.63) is 41.7 Å². The van der Waals surface area contributed by atoms with E-state index >= 15 is 0 Å². The van der Waals surface area contributed by atoms with Crippen molar-refractivity contribution in [3.63, 3.8) is 0 Å². The molecule has 88 valence electrons. The third kappa shape index (κ3) is 3.17. The number of nitrogens with zero attached hydrogens (tertiary/aromatic N) is 2. The molecular weight excluding hydrogens is 234 g/mol. The summed E-state index contributed by atoms with van der Waals surface area (Å²) < 4.78 is 0. The Hall–Kier alpha value is -1.61. The maximum absolute atomic E-state index is 5.96. The Morgan fingerprint density at radius 3 is 2.88 bits per heavy atom. The molecule has 2 rings (SSSR count). The van der Waals surface area contributed by atoms with Gasteiger partial charge in [-0.05, 0) is 18.6 Å². The second-order valence-electron chi connectivity index (χ2n) is 3.73. The third-order valence-corrected chi connectivity index (χ3v) is 2.58. The van der Waals surface area contributed by atoms with Crippen molar-refractivity contribution in [2.45, 2.75) is 13.3 Å². The fraction of sp³-hybridized carbons (Fsp3) is 0.231. The summed E-state index contributed by atoms with van der Waals surface area (Å²) >= 11 is 5.96. The van der Waals surface area contributed by atoms with Gasteiger partial charge in [-0.3, -0.25) is 0 Å². The van der Waals surface area contributed by atoms with Crippen molar-refractivity contribution < 1.29 is 0 Å². The van der Waals surface area contributed by atoms with E-state index in [1.54, 1.807) is 6.33 Å². The van der Waals surface area contributed by atoms with E-state index in [-0.39, 0.29) is 0 Å². The molecule has 2 aromatic rings. The maximum Gasteiger partial charge on any atom is 0.129 e. The molecular formula is C13H14ClN3. The average Bonchev–Trinajstić information content (AvgIpc) is 2.37. The van der Waals surface area contributed by atoms with Gasteiger partial charge in [-0.1, -0.05) is 30.7 Å². The van der Waals surface area contributed by atoms with Crippen molar-refractivity contribution in [2.24, 2.45) is 0 Å². The molecule has 0 spiro atoms. The minimum absolute atomic E-state index is 0.712. The van der Waals surface area contributed by atoms with Gasteiger partial charge >= 0.3 is 0 Å². The largest absolute Gasteiger partial charge is 0.370 e. The molecule has 0 aliphatic carbocycles. The molecule has 0 radical (unpaired) electrons. The Morgan fingerprint density at radius 2 is 2.12 bits per heavy atom. The van der Waals surface area contributed by atoms with Crippen molar-refractivity contribution in [1.29, 1.82) is 0 Å². The van der Waals surface area contributed by atoms with Gasteiger partial charge in [0.2, 0.25) is 0 Å². The van der Waals surface area contributed by atoms with Gasteiger partial charge in [0.15, 0.2) is 0 Å². The zero-order valence-corrected chi connectivity index (χ0v) is 10.4. The summed E-state index contributed by atoms with van der Waals surface area (Å²) in [5.41, 5.74) is 1.88. The number of benzene rings is 1. The molecule has 0 aliphatic rings. The van der Waals surface area contributed by atoms with Gasteiger partial charge in [0.05, 0.1) is 5.69 Å². The van der Waals surface area contributed by atoms with E-state index in [0.29, 0.717) is 5.02 Å². The number of hydrogen-bond acceptors (Lipinski definition) is 3. The van der Waals surface area contributed by atoms with E-state index in [0.717, 1.165) is 30.0 Å². The molecule has 0 unspecified atom stereocenters. The topological polar surface area (TPSA) is 37.8 Å². The van der Waals surface area contributed by atoms with Crippen LogP contribution in [0.1, 0.15) is 13.3 Å². The summed E-state index contributed by atoms with van der Waals surface area (Å²) in [5, 5.41) is 3.95. The van der Waals surface area contributed by atoms with E-state index in [9.17, 15) is 0 Å². The quantitative estimate of drug-likeness (QED) is 0.897. The van der Waals surface area contributed by atoms with E-state index in [4.69, 9.17) is 11.6 Å². The summed E-state index contributed by atoms with van der Waals surface area (Å²) in [6.07, 6.45) is 2.63. The lowest BCUT2D eigenvalue weighted by molar-refractivity contribution is 0.965. The van der Waals surface area contributed by atoms with Crippen LogP contribution < -0.4 is 5.32 Å². The SMILES string of the molecule is CCCNc1cc(-c2cccc(Cl)c2)ncn1. The Labute approximate surface area is 106 Å². The first kappa shape index (κ1) is 11.9. The molecule has 1 aromatic heterocycles. The molecule has 0 fully saturated rings. The smallest absolute Gasteiger partial charge is 0.129 e. The summed E-state index contributed by atoms with van der Waals surface area (Å²) in [6, 6.07) is 9.58. The minimum Gasteiger partial charge on any atom is -0.370 e. The van der Waals surface area contributed by atoms with Crippen LogP contribution in [0.15, 0.2) is 36.7 Å². The van der Waals surface area contributed by atoms with Crippen LogP contribution in [-0.4, -0.2) is 16.5 Å². The lowest BCUT2D eigenvalue weighted by Gasteiger charge is -2.05. The Balaban J connectivity index is 2.26. The number of hydrogen-bond donors (Lipinski definition) is 1. The lowest BCUT2D eigenvalue weighted by Crippen LogP contribution is -2.02.